The minimum Gasteiger partial charge on any atom is -0.454 e. The van der Waals surface area contributed by atoms with Crippen molar-refractivity contribution in [3.63, 3.8) is 0 Å². The van der Waals surface area contributed by atoms with Gasteiger partial charge in [0.2, 0.25) is 6.79 Å². The number of nitrogens with zero attached hydrogens (tertiary/aromatic N) is 1. The van der Waals surface area contributed by atoms with E-state index in [9.17, 15) is 0 Å². The van der Waals surface area contributed by atoms with Crippen LogP contribution in [-0.2, 0) is 4.74 Å². The van der Waals surface area contributed by atoms with Gasteiger partial charge < -0.3 is 14.2 Å². The lowest BCUT2D eigenvalue weighted by atomic mass is 10.1. The Morgan fingerprint density at radius 2 is 2.00 bits per heavy atom. The van der Waals surface area contributed by atoms with Crippen LogP contribution in [0.4, 0.5) is 0 Å². The summed E-state index contributed by atoms with van der Waals surface area (Å²) in [4.78, 5) is 2.00. The molecule has 1 aromatic carbocycles. The highest BCUT2D eigenvalue weighted by Gasteiger charge is 2.18. The lowest BCUT2D eigenvalue weighted by Gasteiger charge is -2.23. The number of fused-ring (bicyclic) bond motifs is 1. The molecule has 15 heavy (non-hydrogen) atoms. The maximum Gasteiger partial charge on any atom is 0.231 e. The normalized spacial score (nSPS) is 15.7. The van der Waals surface area contributed by atoms with Gasteiger partial charge in [-0.3, -0.25) is 4.90 Å². The Kier molecular flexibility index (Phi) is 2.79. The van der Waals surface area contributed by atoms with Gasteiger partial charge in [-0.2, -0.15) is 0 Å². The summed E-state index contributed by atoms with van der Waals surface area (Å²) in [7, 11) is 5.63. The summed E-state index contributed by atoms with van der Waals surface area (Å²) in [5, 5.41) is 0. The summed E-state index contributed by atoms with van der Waals surface area (Å²) in [6.07, 6.45) is -0.0560. The van der Waals surface area contributed by atoms with Crippen molar-refractivity contribution in [3.05, 3.63) is 23.8 Å². The van der Waals surface area contributed by atoms with E-state index in [2.05, 4.69) is 0 Å². The second-order valence-electron chi connectivity index (χ2n) is 3.66. The van der Waals surface area contributed by atoms with E-state index in [1.165, 1.54) is 0 Å². The van der Waals surface area contributed by atoms with Crippen molar-refractivity contribution in [2.24, 2.45) is 0 Å². The van der Waals surface area contributed by atoms with Crippen molar-refractivity contribution in [1.29, 1.82) is 0 Å². The molecule has 82 valence electrons. The van der Waals surface area contributed by atoms with E-state index in [0.29, 0.717) is 6.79 Å². The molecule has 0 aromatic heterocycles. The lowest BCUT2D eigenvalue weighted by Crippen LogP contribution is -2.21. The summed E-state index contributed by atoms with van der Waals surface area (Å²) in [5.74, 6) is 1.59. The van der Waals surface area contributed by atoms with Crippen molar-refractivity contribution >= 4 is 0 Å². The van der Waals surface area contributed by atoms with Crippen LogP contribution in [0.1, 0.15) is 11.8 Å². The molecule has 0 spiro atoms. The van der Waals surface area contributed by atoms with Gasteiger partial charge in [0, 0.05) is 7.11 Å². The molecule has 0 aliphatic carbocycles. The third-order valence-corrected chi connectivity index (χ3v) is 2.37. The van der Waals surface area contributed by atoms with Gasteiger partial charge >= 0.3 is 0 Å². The molecule has 0 radical (unpaired) electrons. The van der Waals surface area contributed by atoms with Crippen LogP contribution in [0.2, 0.25) is 0 Å². The Balaban J connectivity index is 2.28. The fourth-order valence-corrected chi connectivity index (χ4v) is 1.71. The smallest absolute Gasteiger partial charge is 0.231 e. The number of ether oxygens (including phenoxy) is 3. The maximum atomic E-state index is 5.39. The molecular weight excluding hydrogens is 194 g/mol. The van der Waals surface area contributed by atoms with E-state index in [4.69, 9.17) is 14.2 Å². The first-order valence-electron chi connectivity index (χ1n) is 4.81. The summed E-state index contributed by atoms with van der Waals surface area (Å²) in [5.41, 5.74) is 1.06. The average Bonchev–Trinajstić information content (AvgIpc) is 2.65. The second-order valence-corrected chi connectivity index (χ2v) is 3.66. The molecule has 4 nitrogen and oxygen atoms in total. The van der Waals surface area contributed by atoms with Crippen LogP contribution in [0.5, 0.6) is 11.5 Å². The van der Waals surface area contributed by atoms with Crippen molar-refractivity contribution < 1.29 is 14.2 Å². The summed E-state index contributed by atoms with van der Waals surface area (Å²) < 4.78 is 16.0. The zero-order valence-electron chi connectivity index (χ0n) is 9.19. The summed E-state index contributed by atoms with van der Waals surface area (Å²) in [6.45, 7) is 0.304. The van der Waals surface area contributed by atoms with Crippen LogP contribution < -0.4 is 9.47 Å². The SMILES string of the molecule is COC(c1ccc2c(c1)OCO2)N(C)C. The van der Waals surface area contributed by atoms with Crippen LogP contribution in [0.25, 0.3) is 0 Å². The van der Waals surface area contributed by atoms with Gasteiger partial charge in [0.1, 0.15) is 6.23 Å². The summed E-state index contributed by atoms with van der Waals surface area (Å²) in [6, 6.07) is 5.85. The van der Waals surface area contributed by atoms with Crippen molar-refractivity contribution in [2.45, 2.75) is 6.23 Å². The largest absolute Gasteiger partial charge is 0.454 e. The molecule has 0 saturated carbocycles. The van der Waals surface area contributed by atoms with Crippen molar-refractivity contribution in [2.75, 3.05) is 28.0 Å². The van der Waals surface area contributed by atoms with E-state index < -0.39 is 0 Å². The van der Waals surface area contributed by atoms with Gasteiger partial charge in [-0.15, -0.1) is 0 Å². The van der Waals surface area contributed by atoms with E-state index >= 15 is 0 Å². The molecule has 4 heteroatoms. The van der Waals surface area contributed by atoms with Gasteiger partial charge in [-0.25, -0.2) is 0 Å². The van der Waals surface area contributed by atoms with E-state index in [-0.39, 0.29) is 6.23 Å². The minimum atomic E-state index is -0.0560. The molecule has 0 saturated heterocycles. The van der Waals surface area contributed by atoms with Gasteiger partial charge in [0.05, 0.1) is 0 Å². The molecule has 1 aliphatic rings. The highest BCUT2D eigenvalue weighted by molar-refractivity contribution is 5.44. The topological polar surface area (TPSA) is 30.9 Å². The van der Waals surface area contributed by atoms with Gasteiger partial charge in [0.25, 0.3) is 0 Å². The minimum absolute atomic E-state index is 0.0560. The number of rotatable bonds is 3. The predicted octanol–water partition coefficient (Wildman–Crippen LogP) is 1.62. The lowest BCUT2D eigenvalue weighted by molar-refractivity contribution is -0.00550. The molecule has 1 heterocycles. The molecule has 1 unspecified atom stereocenters. The van der Waals surface area contributed by atoms with Crippen LogP contribution in [0.15, 0.2) is 18.2 Å². The highest BCUT2D eigenvalue weighted by atomic mass is 16.7. The Morgan fingerprint density at radius 1 is 1.27 bits per heavy atom. The number of methoxy groups -OCH3 is 1. The zero-order chi connectivity index (χ0) is 10.8. The number of hydrogen-bond donors (Lipinski definition) is 0. The van der Waals surface area contributed by atoms with Crippen molar-refractivity contribution in [1.82, 2.24) is 4.90 Å². The van der Waals surface area contributed by atoms with Crippen LogP contribution >= 0.6 is 0 Å². The first kappa shape index (κ1) is 10.3. The Labute approximate surface area is 89.4 Å². The Hall–Kier alpha value is -1.26. The molecule has 1 aliphatic heterocycles. The fraction of sp³-hybridized carbons (Fsp3) is 0.455. The first-order valence-corrected chi connectivity index (χ1v) is 4.81. The molecule has 0 bridgehead atoms. The molecule has 0 N–H and O–H groups in total. The van der Waals surface area contributed by atoms with E-state index in [1.54, 1.807) is 7.11 Å². The quantitative estimate of drug-likeness (QED) is 0.708. The van der Waals surface area contributed by atoms with Crippen LogP contribution in [-0.4, -0.2) is 32.9 Å². The van der Waals surface area contributed by atoms with Gasteiger partial charge in [0.15, 0.2) is 11.5 Å². The standard InChI is InChI=1S/C11H15NO3/c1-12(2)11(13-3)8-4-5-9-10(6-8)15-7-14-9/h4-6,11H,7H2,1-3H3. The van der Waals surface area contributed by atoms with Gasteiger partial charge in [-0.05, 0) is 31.8 Å². The van der Waals surface area contributed by atoms with E-state index in [0.717, 1.165) is 17.1 Å². The Bertz CT molecular complexity index is 352. The molecule has 0 amide bonds. The molecule has 1 atom stereocenters. The maximum absolute atomic E-state index is 5.39. The monoisotopic (exact) mass is 209 g/mol. The molecule has 0 fully saturated rings. The third-order valence-electron chi connectivity index (χ3n) is 2.37. The van der Waals surface area contributed by atoms with Gasteiger partial charge in [-0.1, -0.05) is 6.07 Å². The Morgan fingerprint density at radius 3 is 2.67 bits per heavy atom. The fourth-order valence-electron chi connectivity index (χ4n) is 1.71. The average molecular weight is 209 g/mol. The number of hydrogen-bond acceptors (Lipinski definition) is 4. The van der Waals surface area contributed by atoms with Crippen molar-refractivity contribution in [3.8, 4) is 11.5 Å². The molecule has 1 aromatic rings. The summed E-state index contributed by atoms with van der Waals surface area (Å²) >= 11 is 0. The predicted molar refractivity (Wildman–Crippen MR) is 56.0 cm³/mol. The molecular formula is C11H15NO3. The first-order chi connectivity index (χ1) is 7.22. The second kappa shape index (κ2) is 4.08. The zero-order valence-corrected chi connectivity index (χ0v) is 9.19. The van der Waals surface area contributed by atoms with E-state index in [1.807, 2.05) is 37.2 Å². The third kappa shape index (κ3) is 1.91. The molecule has 2 rings (SSSR count). The number of benzene rings is 1. The van der Waals surface area contributed by atoms with Crippen LogP contribution in [0.3, 0.4) is 0 Å². The van der Waals surface area contributed by atoms with Crippen LogP contribution in [0, 0.1) is 0 Å². The highest BCUT2D eigenvalue weighted by Crippen LogP contribution is 2.35.